The highest BCUT2D eigenvalue weighted by molar-refractivity contribution is 5.61. The molecule has 0 spiro atoms. The van der Waals surface area contributed by atoms with Crippen molar-refractivity contribution in [3.8, 4) is 22.6 Å². The minimum absolute atomic E-state index is 0.834. The van der Waals surface area contributed by atoms with Crippen molar-refractivity contribution in [3.05, 3.63) is 85.5 Å². The summed E-state index contributed by atoms with van der Waals surface area (Å²) >= 11 is 0. The molecular weight excluding hydrogens is 356 g/mol. The molecule has 3 heteroatoms. The number of hydrogen-bond donors (Lipinski definition) is 0. The molecule has 0 saturated carbocycles. The summed E-state index contributed by atoms with van der Waals surface area (Å²) in [6, 6.07) is 16.9. The Bertz CT molecular complexity index is 928. The van der Waals surface area contributed by atoms with Gasteiger partial charge in [-0.15, -0.1) is 0 Å². The molecule has 0 amide bonds. The molecule has 29 heavy (non-hydrogen) atoms. The Labute approximate surface area is 173 Å². The van der Waals surface area contributed by atoms with Crippen LogP contribution in [-0.2, 0) is 6.54 Å². The van der Waals surface area contributed by atoms with Gasteiger partial charge in [0.05, 0.1) is 7.11 Å². The molecule has 1 atom stereocenters. The highest BCUT2D eigenvalue weighted by atomic mass is 16.5. The van der Waals surface area contributed by atoms with Crippen LogP contribution < -0.4 is 13.9 Å². The number of aryl methyl sites for hydroxylation is 1. The van der Waals surface area contributed by atoms with Crippen LogP contribution in [0.15, 0.2) is 85.5 Å². The van der Waals surface area contributed by atoms with E-state index in [1.54, 1.807) is 7.11 Å². The Morgan fingerprint density at radius 3 is 2.17 bits per heavy atom. The Hall–Kier alpha value is -2.94. The monoisotopic (exact) mass is 386 g/mol. The minimum atomic E-state index is 0.834. The number of ether oxygens (including phenoxy) is 1. The quantitative estimate of drug-likeness (QED) is 0.300. The molecule has 1 aliphatic carbocycles. The maximum absolute atomic E-state index is 5.23. The summed E-state index contributed by atoms with van der Waals surface area (Å²) in [5.74, 6) is 1.71. The fourth-order valence-corrected chi connectivity index (χ4v) is 3.98. The lowest BCUT2D eigenvalue weighted by Gasteiger charge is -2.05. The van der Waals surface area contributed by atoms with E-state index in [9.17, 15) is 0 Å². The Morgan fingerprint density at radius 1 is 0.862 bits per heavy atom. The first-order valence-electron chi connectivity index (χ1n) is 10.6. The second-order valence-corrected chi connectivity index (χ2v) is 7.78. The van der Waals surface area contributed by atoms with Gasteiger partial charge in [0.15, 0.2) is 24.8 Å². The maximum atomic E-state index is 5.23. The summed E-state index contributed by atoms with van der Waals surface area (Å²) in [5, 5.41) is 0. The van der Waals surface area contributed by atoms with Gasteiger partial charge in [-0.05, 0) is 54.9 Å². The standard InChI is InChI=1S/C26H30N2O/c1-29-26-11-9-25(10-12-26)28-20-15-24(16-21-28)23-13-18-27(19-14-23)17-5-4-8-22-6-2-3-7-22/h2,6,9-16,18-22H,3-5,7-8,17H2,1H3/q+2/t22-/m1/s1. The highest BCUT2D eigenvalue weighted by Crippen LogP contribution is 2.22. The molecule has 0 unspecified atom stereocenters. The van der Waals surface area contributed by atoms with Crippen LogP contribution in [0.1, 0.15) is 32.1 Å². The van der Waals surface area contributed by atoms with E-state index in [2.05, 4.69) is 82.5 Å². The Morgan fingerprint density at radius 2 is 1.55 bits per heavy atom. The molecule has 0 aliphatic heterocycles. The first-order valence-corrected chi connectivity index (χ1v) is 10.6. The molecule has 0 radical (unpaired) electrons. The van der Waals surface area contributed by atoms with Crippen molar-refractivity contribution in [2.45, 2.75) is 38.6 Å². The van der Waals surface area contributed by atoms with E-state index in [-0.39, 0.29) is 0 Å². The fourth-order valence-electron chi connectivity index (χ4n) is 3.98. The SMILES string of the molecule is COc1ccc(-[n+]2ccc(-c3cc[n+](CCCC[C@@H]4C=CCC4)cc3)cc2)cc1. The van der Waals surface area contributed by atoms with E-state index in [1.165, 1.54) is 43.2 Å². The van der Waals surface area contributed by atoms with Gasteiger partial charge in [0.2, 0.25) is 5.69 Å². The van der Waals surface area contributed by atoms with E-state index in [0.29, 0.717) is 0 Å². The zero-order valence-corrected chi connectivity index (χ0v) is 17.2. The van der Waals surface area contributed by atoms with Gasteiger partial charge in [-0.1, -0.05) is 12.2 Å². The number of unbranched alkanes of at least 4 members (excludes halogenated alkanes) is 1. The average Bonchev–Trinajstić information content (AvgIpc) is 3.31. The van der Waals surface area contributed by atoms with Gasteiger partial charge >= 0.3 is 0 Å². The first-order chi connectivity index (χ1) is 14.3. The van der Waals surface area contributed by atoms with Gasteiger partial charge in [-0.3, -0.25) is 0 Å². The minimum Gasteiger partial charge on any atom is -0.497 e. The average molecular weight is 387 g/mol. The molecule has 4 rings (SSSR count). The molecular formula is C26H30N2O+2. The smallest absolute Gasteiger partial charge is 0.210 e. The summed E-state index contributed by atoms with van der Waals surface area (Å²) in [6.45, 7) is 1.10. The van der Waals surface area contributed by atoms with Gasteiger partial charge < -0.3 is 4.74 Å². The normalized spacial score (nSPS) is 15.6. The second-order valence-electron chi connectivity index (χ2n) is 7.78. The van der Waals surface area contributed by atoms with E-state index in [0.717, 1.165) is 23.9 Å². The zero-order chi connectivity index (χ0) is 19.9. The molecule has 0 bridgehead atoms. The van der Waals surface area contributed by atoms with E-state index >= 15 is 0 Å². The molecule has 1 aliphatic rings. The summed E-state index contributed by atoms with van der Waals surface area (Å²) in [6.07, 6.45) is 19.9. The third-order valence-corrected chi connectivity index (χ3v) is 5.78. The lowest BCUT2D eigenvalue weighted by Crippen LogP contribution is -2.32. The summed E-state index contributed by atoms with van der Waals surface area (Å²) in [4.78, 5) is 0. The molecule has 148 valence electrons. The molecule has 0 fully saturated rings. The van der Waals surface area contributed by atoms with Crippen LogP contribution in [-0.4, -0.2) is 7.11 Å². The van der Waals surface area contributed by atoms with Crippen molar-refractivity contribution in [1.82, 2.24) is 0 Å². The van der Waals surface area contributed by atoms with Crippen LogP contribution in [0.5, 0.6) is 5.75 Å². The van der Waals surface area contributed by atoms with Crippen LogP contribution in [0, 0.1) is 5.92 Å². The number of allylic oxidation sites excluding steroid dienone is 2. The van der Waals surface area contributed by atoms with Crippen molar-refractivity contribution in [2.24, 2.45) is 5.92 Å². The molecule has 0 N–H and O–H groups in total. The van der Waals surface area contributed by atoms with Crippen LogP contribution in [0.2, 0.25) is 0 Å². The van der Waals surface area contributed by atoms with E-state index < -0.39 is 0 Å². The topological polar surface area (TPSA) is 17.0 Å². The molecule has 1 aromatic carbocycles. The van der Waals surface area contributed by atoms with Crippen LogP contribution in [0.3, 0.4) is 0 Å². The number of nitrogens with zero attached hydrogens (tertiary/aromatic N) is 2. The van der Waals surface area contributed by atoms with Crippen LogP contribution in [0.25, 0.3) is 16.8 Å². The first kappa shape index (κ1) is 19.4. The van der Waals surface area contributed by atoms with Crippen molar-refractivity contribution in [2.75, 3.05) is 7.11 Å². The van der Waals surface area contributed by atoms with Crippen LogP contribution >= 0.6 is 0 Å². The third kappa shape index (κ3) is 5.11. The number of rotatable bonds is 8. The molecule has 2 heterocycles. The predicted molar refractivity (Wildman–Crippen MR) is 116 cm³/mol. The van der Waals surface area contributed by atoms with Gasteiger partial charge in [-0.2, -0.15) is 4.57 Å². The van der Waals surface area contributed by atoms with Crippen molar-refractivity contribution in [3.63, 3.8) is 0 Å². The van der Waals surface area contributed by atoms with Gasteiger partial charge in [-0.25, -0.2) is 4.57 Å². The largest absolute Gasteiger partial charge is 0.497 e. The molecule has 3 nitrogen and oxygen atoms in total. The molecule has 3 aromatic rings. The van der Waals surface area contributed by atoms with E-state index in [4.69, 9.17) is 4.74 Å². The predicted octanol–water partition coefficient (Wildman–Crippen LogP) is 5.06. The lowest BCUT2D eigenvalue weighted by molar-refractivity contribution is -0.697. The number of aromatic nitrogens is 2. The zero-order valence-electron chi connectivity index (χ0n) is 17.2. The van der Waals surface area contributed by atoms with Crippen molar-refractivity contribution in [1.29, 1.82) is 0 Å². The van der Waals surface area contributed by atoms with Crippen LogP contribution in [0.4, 0.5) is 0 Å². The van der Waals surface area contributed by atoms with Gasteiger partial charge in [0, 0.05) is 42.8 Å². The van der Waals surface area contributed by atoms with E-state index in [1.807, 2.05) is 12.1 Å². The van der Waals surface area contributed by atoms with Crippen molar-refractivity contribution < 1.29 is 13.9 Å². The summed E-state index contributed by atoms with van der Waals surface area (Å²) in [5.41, 5.74) is 3.60. The number of benzene rings is 1. The second kappa shape index (κ2) is 9.51. The maximum Gasteiger partial charge on any atom is 0.210 e. The lowest BCUT2D eigenvalue weighted by atomic mass is 10.0. The van der Waals surface area contributed by atoms with Crippen molar-refractivity contribution >= 4 is 0 Å². The van der Waals surface area contributed by atoms with Gasteiger partial charge in [0.1, 0.15) is 12.3 Å². The number of methoxy groups -OCH3 is 1. The molecule has 0 saturated heterocycles. The fraction of sp³-hybridized carbons (Fsp3) is 0.308. The third-order valence-electron chi connectivity index (χ3n) is 5.78. The number of pyridine rings is 2. The highest BCUT2D eigenvalue weighted by Gasteiger charge is 2.10. The number of hydrogen-bond acceptors (Lipinski definition) is 1. The van der Waals surface area contributed by atoms with Gasteiger partial charge in [0.25, 0.3) is 0 Å². The summed E-state index contributed by atoms with van der Waals surface area (Å²) < 4.78 is 9.65. The Kier molecular flexibility index (Phi) is 6.35. The molecule has 2 aromatic heterocycles. The summed E-state index contributed by atoms with van der Waals surface area (Å²) in [7, 11) is 1.69. The Balaban J connectivity index is 1.32.